The molecule has 0 aliphatic carbocycles. The highest BCUT2D eigenvalue weighted by Gasteiger charge is 2.14. The van der Waals surface area contributed by atoms with E-state index >= 15 is 0 Å². The molecule has 0 aliphatic rings. The van der Waals surface area contributed by atoms with Crippen LogP contribution in [0.3, 0.4) is 0 Å². The number of aromatic nitrogens is 1. The average Bonchev–Trinajstić information content (AvgIpc) is 2.94. The van der Waals surface area contributed by atoms with E-state index in [0.717, 1.165) is 13.0 Å². The molecular weight excluding hydrogens is 306 g/mol. The maximum absolute atomic E-state index is 12.2. The molecule has 0 unspecified atom stereocenters. The number of hydrogen-bond acceptors (Lipinski definition) is 4. The van der Waals surface area contributed by atoms with Crippen molar-refractivity contribution in [3.8, 4) is 0 Å². The van der Waals surface area contributed by atoms with Crippen LogP contribution in [0.15, 0.2) is 23.6 Å². The van der Waals surface area contributed by atoms with Gasteiger partial charge >= 0.3 is 0 Å². The van der Waals surface area contributed by atoms with Crippen LogP contribution in [-0.2, 0) is 13.0 Å². The van der Waals surface area contributed by atoms with Gasteiger partial charge in [-0.1, -0.05) is 18.5 Å². The van der Waals surface area contributed by atoms with E-state index in [1.54, 1.807) is 23.5 Å². The van der Waals surface area contributed by atoms with Crippen molar-refractivity contribution in [2.75, 3.05) is 11.9 Å². The quantitative estimate of drug-likeness (QED) is 0.852. The van der Waals surface area contributed by atoms with Crippen LogP contribution in [0.1, 0.15) is 34.8 Å². The maximum Gasteiger partial charge on any atom is 0.271 e. The van der Waals surface area contributed by atoms with Crippen molar-refractivity contribution >= 4 is 34.7 Å². The van der Waals surface area contributed by atoms with E-state index in [1.165, 1.54) is 10.4 Å². The van der Waals surface area contributed by atoms with E-state index < -0.39 is 0 Å². The second-order valence-electron chi connectivity index (χ2n) is 4.46. The first-order valence-electron chi connectivity index (χ1n) is 6.89. The Morgan fingerprint density at radius 2 is 2.14 bits per heavy atom. The summed E-state index contributed by atoms with van der Waals surface area (Å²) >= 11 is 7.71. The lowest BCUT2D eigenvalue weighted by atomic mass is 10.2. The van der Waals surface area contributed by atoms with E-state index in [9.17, 15) is 4.79 Å². The molecule has 2 aromatic heterocycles. The molecule has 112 valence electrons. The van der Waals surface area contributed by atoms with Crippen molar-refractivity contribution in [2.24, 2.45) is 0 Å². The number of carbonyl (C=O) groups is 1. The molecule has 0 saturated heterocycles. The molecule has 1 amide bonds. The molecule has 0 fully saturated rings. The summed E-state index contributed by atoms with van der Waals surface area (Å²) in [4.78, 5) is 17.7. The third-order valence-corrected chi connectivity index (χ3v) is 4.32. The number of anilines is 1. The Balaban J connectivity index is 2.08. The SMILES string of the molecule is CCNc1ccc(Cl)c(C(=O)NCc2sccc2CC)n1. The molecule has 0 saturated carbocycles. The van der Waals surface area contributed by atoms with Gasteiger partial charge in [0, 0.05) is 11.4 Å². The van der Waals surface area contributed by atoms with Gasteiger partial charge in [-0.15, -0.1) is 11.3 Å². The highest BCUT2D eigenvalue weighted by Crippen LogP contribution is 2.19. The molecule has 4 nitrogen and oxygen atoms in total. The number of amides is 1. The molecule has 0 aliphatic heterocycles. The number of thiophene rings is 1. The van der Waals surface area contributed by atoms with E-state index in [1.807, 2.05) is 12.3 Å². The van der Waals surface area contributed by atoms with Crippen LogP contribution in [0.2, 0.25) is 5.02 Å². The normalized spacial score (nSPS) is 10.4. The number of rotatable bonds is 6. The molecule has 2 aromatic rings. The highest BCUT2D eigenvalue weighted by molar-refractivity contribution is 7.10. The third-order valence-electron chi connectivity index (χ3n) is 3.05. The van der Waals surface area contributed by atoms with E-state index in [0.29, 0.717) is 17.4 Å². The van der Waals surface area contributed by atoms with Gasteiger partial charge < -0.3 is 10.6 Å². The van der Waals surface area contributed by atoms with Crippen LogP contribution in [0, 0.1) is 0 Å². The molecule has 21 heavy (non-hydrogen) atoms. The molecule has 0 spiro atoms. The minimum absolute atomic E-state index is 0.254. The Morgan fingerprint density at radius 3 is 2.86 bits per heavy atom. The Hall–Kier alpha value is -1.59. The second-order valence-corrected chi connectivity index (χ2v) is 5.87. The molecule has 0 aromatic carbocycles. The number of nitrogens with zero attached hydrogens (tertiary/aromatic N) is 1. The Bertz CT molecular complexity index is 627. The van der Waals surface area contributed by atoms with Crippen LogP contribution in [0.5, 0.6) is 0 Å². The minimum atomic E-state index is -0.254. The fraction of sp³-hybridized carbons (Fsp3) is 0.333. The largest absolute Gasteiger partial charge is 0.370 e. The standard InChI is InChI=1S/C15H18ClN3OS/c1-3-10-7-8-21-12(10)9-18-15(20)14-11(16)5-6-13(19-14)17-4-2/h5-8H,3-4,9H2,1-2H3,(H,17,19)(H,18,20). The van der Waals surface area contributed by atoms with Gasteiger partial charge in [-0.3, -0.25) is 4.79 Å². The molecule has 0 radical (unpaired) electrons. The Labute approximate surface area is 133 Å². The van der Waals surface area contributed by atoms with Crippen molar-refractivity contribution < 1.29 is 4.79 Å². The van der Waals surface area contributed by atoms with Gasteiger partial charge in [-0.25, -0.2) is 4.98 Å². The topological polar surface area (TPSA) is 54.0 Å². The molecule has 2 rings (SSSR count). The summed E-state index contributed by atoms with van der Waals surface area (Å²) in [5, 5.41) is 8.35. The number of nitrogens with one attached hydrogen (secondary N) is 2. The van der Waals surface area contributed by atoms with Crippen molar-refractivity contribution in [3.05, 3.63) is 44.7 Å². The van der Waals surface area contributed by atoms with E-state index in [2.05, 4.69) is 28.6 Å². The Kier molecular flexibility index (Phi) is 5.59. The van der Waals surface area contributed by atoms with Crippen LogP contribution in [0.25, 0.3) is 0 Å². The number of halogens is 1. The minimum Gasteiger partial charge on any atom is -0.370 e. The fourth-order valence-electron chi connectivity index (χ4n) is 1.96. The summed E-state index contributed by atoms with van der Waals surface area (Å²) in [6.45, 7) is 5.32. The van der Waals surface area contributed by atoms with Gasteiger partial charge in [0.25, 0.3) is 5.91 Å². The van der Waals surface area contributed by atoms with Crippen molar-refractivity contribution in [1.29, 1.82) is 0 Å². The summed E-state index contributed by atoms with van der Waals surface area (Å²) in [6.07, 6.45) is 0.962. The highest BCUT2D eigenvalue weighted by atomic mass is 35.5. The number of hydrogen-bond donors (Lipinski definition) is 2. The lowest BCUT2D eigenvalue weighted by Gasteiger charge is -2.08. The summed E-state index contributed by atoms with van der Waals surface area (Å²) in [7, 11) is 0. The van der Waals surface area contributed by atoms with Crippen LogP contribution in [0.4, 0.5) is 5.82 Å². The first kappa shape index (κ1) is 15.8. The zero-order chi connectivity index (χ0) is 15.2. The zero-order valence-electron chi connectivity index (χ0n) is 12.1. The first-order valence-corrected chi connectivity index (χ1v) is 8.15. The van der Waals surface area contributed by atoms with Gasteiger partial charge in [0.2, 0.25) is 0 Å². The monoisotopic (exact) mass is 323 g/mol. The van der Waals surface area contributed by atoms with Crippen LogP contribution >= 0.6 is 22.9 Å². The zero-order valence-corrected chi connectivity index (χ0v) is 13.6. The number of pyridine rings is 1. The van der Waals surface area contributed by atoms with E-state index in [4.69, 9.17) is 11.6 Å². The molecule has 6 heteroatoms. The lowest BCUT2D eigenvalue weighted by Crippen LogP contribution is -2.24. The van der Waals surface area contributed by atoms with Crippen LogP contribution in [-0.4, -0.2) is 17.4 Å². The second kappa shape index (κ2) is 7.43. The smallest absolute Gasteiger partial charge is 0.271 e. The third kappa shape index (κ3) is 3.95. The van der Waals surface area contributed by atoms with Crippen molar-refractivity contribution in [3.63, 3.8) is 0 Å². The molecule has 2 N–H and O–H groups in total. The van der Waals surface area contributed by atoms with Gasteiger partial charge in [0.15, 0.2) is 0 Å². The molecule has 0 bridgehead atoms. The van der Waals surface area contributed by atoms with Gasteiger partial charge in [0.1, 0.15) is 11.5 Å². The lowest BCUT2D eigenvalue weighted by molar-refractivity contribution is 0.0946. The summed E-state index contributed by atoms with van der Waals surface area (Å²) < 4.78 is 0. The summed E-state index contributed by atoms with van der Waals surface area (Å²) in [5.74, 6) is 0.396. The molecule has 2 heterocycles. The predicted octanol–water partition coefficient (Wildman–Crippen LogP) is 3.72. The summed E-state index contributed by atoms with van der Waals surface area (Å²) in [6, 6.07) is 5.53. The van der Waals surface area contributed by atoms with Crippen molar-refractivity contribution in [2.45, 2.75) is 26.8 Å². The van der Waals surface area contributed by atoms with Gasteiger partial charge in [0.05, 0.1) is 11.6 Å². The number of aryl methyl sites for hydroxylation is 1. The number of carbonyl (C=O) groups excluding carboxylic acids is 1. The maximum atomic E-state index is 12.2. The average molecular weight is 324 g/mol. The van der Waals surface area contributed by atoms with E-state index in [-0.39, 0.29) is 11.6 Å². The predicted molar refractivity (Wildman–Crippen MR) is 88.3 cm³/mol. The van der Waals surface area contributed by atoms with Gasteiger partial charge in [-0.05, 0) is 42.5 Å². The molecular formula is C15H18ClN3OS. The van der Waals surface area contributed by atoms with Crippen molar-refractivity contribution in [1.82, 2.24) is 10.3 Å². The van der Waals surface area contributed by atoms with Crippen LogP contribution < -0.4 is 10.6 Å². The first-order chi connectivity index (χ1) is 10.2. The summed E-state index contributed by atoms with van der Waals surface area (Å²) in [5.41, 5.74) is 1.52. The van der Waals surface area contributed by atoms with Gasteiger partial charge in [-0.2, -0.15) is 0 Å². The molecule has 0 atom stereocenters. The Morgan fingerprint density at radius 1 is 1.33 bits per heavy atom. The fourth-order valence-corrected chi connectivity index (χ4v) is 3.07.